The molecule has 4 N–H and O–H groups in total. The lowest BCUT2D eigenvalue weighted by Gasteiger charge is -2.54. The van der Waals surface area contributed by atoms with E-state index in [2.05, 4.69) is 55.4 Å². The third kappa shape index (κ3) is 8.43. The van der Waals surface area contributed by atoms with E-state index in [9.17, 15) is 15.0 Å². The summed E-state index contributed by atoms with van der Waals surface area (Å²) < 4.78 is 0. The van der Waals surface area contributed by atoms with Crippen LogP contribution in [0.5, 0.6) is 0 Å². The zero-order valence-electron chi connectivity index (χ0n) is 26.2. The number of nitrogens with zero attached hydrogens (tertiary/aromatic N) is 1. The molecule has 1 rings (SSSR count). The Kier molecular flexibility index (Phi) is 14.3. The van der Waals surface area contributed by atoms with Gasteiger partial charge >= 0.3 is 0 Å². The summed E-state index contributed by atoms with van der Waals surface area (Å²) in [7, 11) is 0. The molecule has 0 bridgehead atoms. The van der Waals surface area contributed by atoms with E-state index in [1.165, 1.54) is 0 Å². The number of hydrogen-bond donors (Lipinski definition) is 3. The molecule has 0 spiro atoms. The van der Waals surface area contributed by atoms with E-state index in [0.717, 1.165) is 44.9 Å². The molecule has 0 aromatic heterocycles. The summed E-state index contributed by atoms with van der Waals surface area (Å²) in [5.41, 5.74) is 2.60. The predicted octanol–water partition coefficient (Wildman–Crippen LogP) is 6.74. The van der Waals surface area contributed by atoms with Crippen LogP contribution in [0, 0.1) is 17.3 Å². The average molecular weight is 539 g/mol. The van der Waals surface area contributed by atoms with Crippen molar-refractivity contribution < 1.29 is 19.8 Å². The second kappa shape index (κ2) is 15.6. The standard InChI is InChI=1S/C32H62N2O4/c1-9-16-31(37,17-10-2)26(22-24(5)6)34(29(36)30(28(33)35)20-14-13-15-21-30)27(23-25(7)8)32(38,18-11-3)19-12-4/h24-27,37-38H,9-23H2,1-8H3,(H2,33,35). The predicted molar refractivity (Wildman–Crippen MR) is 158 cm³/mol. The molecule has 6 heteroatoms. The van der Waals surface area contributed by atoms with Gasteiger partial charge in [-0.3, -0.25) is 9.59 Å². The molecule has 38 heavy (non-hydrogen) atoms. The van der Waals surface area contributed by atoms with Gasteiger partial charge in [0, 0.05) is 0 Å². The van der Waals surface area contributed by atoms with Crippen LogP contribution < -0.4 is 5.73 Å². The molecule has 0 radical (unpaired) electrons. The van der Waals surface area contributed by atoms with Crippen molar-refractivity contribution in [2.75, 3.05) is 0 Å². The molecule has 1 fully saturated rings. The fourth-order valence-electron chi connectivity index (χ4n) is 7.19. The van der Waals surface area contributed by atoms with Gasteiger partial charge < -0.3 is 20.8 Å². The smallest absolute Gasteiger partial charge is 0.238 e. The average Bonchev–Trinajstić information content (AvgIpc) is 2.83. The number of aliphatic hydroxyl groups is 2. The first-order valence-electron chi connectivity index (χ1n) is 15.9. The third-order valence-electron chi connectivity index (χ3n) is 8.86. The molecule has 0 heterocycles. The highest BCUT2D eigenvalue weighted by Gasteiger charge is 2.55. The van der Waals surface area contributed by atoms with E-state index in [1.807, 2.05) is 4.90 Å². The molecule has 0 aliphatic heterocycles. The van der Waals surface area contributed by atoms with Gasteiger partial charge in [-0.05, 0) is 63.2 Å². The lowest BCUT2D eigenvalue weighted by Crippen LogP contribution is -2.68. The lowest BCUT2D eigenvalue weighted by molar-refractivity contribution is -0.178. The Hall–Kier alpha value is -1.14. The number of primary amides is 1. The minimum absolute atomic E-state index is 0.219. The Labute approximate surface area is 234 Å². The van der Waals surface area contributed by atoms with E-state index in [0.29, 0.717) is 51.4 Å². The van der Waals surface area contributed by atoms with Crippen molar-refractivity contribution >= 4 is 11.8 Å². The van der Waals surface area contributed by atoms with Crippen molar-refractivity contribution in [1.82, 2.24) is 4.90 Å². The first kappa shape index (κ1) is 34.9. The largest absolute Gasteiger partial charge is 0.388 e. The lowest BCUT2D eigenvalue weighted by atomic mass is 9.69. The van der Waals surface area contributed by atoms with Crippen LogP contribution in [-0.2, 0) is 9.59 Å². The van der Waals surface area contributed by atoms with Crippen LogP contribution in [0.4, 0.5) is 0 Å². The summed E-state index contributed by atoms with van der Waals surface area (Å²) in [6, 6.07) is -1.01. The van der Waals surface area contributed by atoms with Crippen LogP contribution in [-0.4, -0.2) is 50.2 Å². The molecule has 1 aliphatic rings. The molecular weight excluding hydrogens is 476 g/mol. The summed E-state index contributed by atoms with van der Waals surface area (Å²) in [6.07, 6.45) is 10.1. The van der Waals surface area contributed by atoms with Crippen molar-refractivity contribution in [3.63, 3.8) is 0 Å². The van der Waals surface area contributed by atoms with Crippen LogP contribution in [0.25, 0.3) is 0 Å². The summed E-state index contributed by atoms with van der Waals surface area (Å²) in [5.74, 6) is -0.367. The first-order valence-corrected chi connectivity index (χ1v) is 15.9. The summed E-state index contributed by atoms with van der Waals surface area (Å²) in [5, 5.41) is 24.8. The van der Waals surface area contributed by atoms with E-state index in [1.54, 1.807) is 0 Å². The second-order valence-corrected chi connectivity index (χ2v) is 13.2. The van der Waals surface area contributed by atoms with Crippen LogP contribution in [0.3, 0.4) is 0 Å². The molecule has 1 aliphatic carbocycles. The molecule has 6 nitrogen and oxygen atoms in total. The highest BCUT2D eigenvalue weighted by molar-refractivity contribution is 6.04. The fourth-order valence-corrected chi connectivity index (χ4v) is 7.19. The molecule has 2 unspecified atom stereocenters. The Morgan fingerprint density at radius 2 is 1.08 bits per heavy atom. The van der Waals surface area contributed by atoms with Gasteiger partial charge in [-0.2, -0.15) is 0 Å². The topological polar surface area (TPSA) is 104 Å². The molecule has 0 aromatic carbocycles. The van der Waals surface area contributed by atoms with Gasteiger partial charge in [0.05, 0.1) is 23.3 Å². The zero-order valence-corrected chi connectivity index (χ0v) is 26.2. The van der Waals surface area contributed by atoms with E-state index in [-0.39, 0.29) is 17.7 Å². The van der Waals surface area contributed by atoms with Gasteiger partial charge in [-0.25, -0.2) is 0 Å². The maximum atomic E-state index is 15.0. The highest BCUT2D eigenvalue weighted by atomic mass is 16.3. The monoisotopic (exact) mass is 538 g/mol. The van der Waals surface area contributed by atoms with Crippen LogP contribution in [0.1, 0.15) is 152 Å². The van der Waals surface area contributed by atoms with Crippen molar-refractivity contribution in [2.45, 2.75) is 175 Å². The van der Waals surface area contributed by atoms with Gasteiger partial charge in [-0.1, -0.05) is 100 Å². The van der Waals surface area contributed by atoms with Gasteiger partial charge in [-0.15, -0.1) is 0 Å². The Morgan fingerprint density at radius 3 is 1.34 bits per heavy atom. The van der Waals surface area contributed by atoms with E-state index >= 15 is 4.79 Å². The van der Waals surface area contributed by atoms with Gasteiger partial charge in [0.25, 0.3) is 0 Å². The maximum absolute atomic E-state index is 15.0. The van der Waals surface area contributed by atoms with Gasteiger partial charge in [0.15, 0.2) is 0 Å². The molecular formula is C32H62N2O4. The van der Waals surface area contributed by atoms with Crippen LogP contribution in [0.2, 0.25) is 0 Å². The van der Waals surface area contributed by atoms with Crippen LogP contribution in [0.15, 0.2) is 0 Å². The summed E-state index contributed by atoms with van der Waals surface area (Å²) >= 11 is 0. The molecule has 0 saturated heterocycles. The van der Waals surface area contributed by atoms with Crippen molar-refractivity contribution in [3.8, 4) is 0 Å². The van der Waals surface area contributed by atoms with E-state index in [4.69, 9.17) is 5.73 Å². The van der Waals surface area contributed by atoms with E-state index < -0.39 is 34.6 Å². The zero-order chi connectivity index (χ0) is 29.1. The number of nitrogens with two attached hydrogens (primary N) is 1. The van der Waals surface area contributed by atoms with Crippen LogP contribution >= 0.6 is 0 Å². The minimum Gasteiger partial charge on any atom is -0.388 e. The molecule has 2 amide bonds. The number of amides is 2. The molecule has 2 atom stereocenters. The number of carbonyl (C=O) groups is 2. The number of rotatable bonds is 18. The molecule has 224 valence electrons. The summed E-state index contributed by atoms with van der Waals surface area (Å²) in [4.78, 5) is 30.1. The van der Waals surface area contributed by atoms with Gasteiger partial charge in [0.1, 0.15) is 5.41 Å². The molecule has 0 aromatic rings. The Bertz CT molecular complexity index is 666. The normalized spacial score (nSPS) is 18.0. The first-order chi connectivity index (χ1) is 17.8. The summed E-state index contributed by atoms with van der Waals surface area (Å²) in [6.45, 7) is 16.8. The number of hydrogen-bond acceptors (Lipinski definition) is 4. The van der Waals surface area contributed by atoms with Crippen molar-refractivity contribution in [3.05, 3.63) is 0 Å². The van der Waals surface area contributed by atoms with Crippen molar-refractivity contribution in [1.29, 1.82) is 0 Å². The highest BCUT2D eigenvalue weighted by Crippen LogP contribution is 2.45. The second-order valence-electron chi connectivity index (χ2n) is 13.2. The fraction of sp³-hybridized carbons (Fsp3) is 0.938. The third-order valence-corrected chi connectivity index (χ3v) is 8.86. The maximum Gasteiger partial charge on any atom is 0.238 e. The Morgan fingerprint density at radius 1 is 0.737 bits per heavy atom. The SMILES string of the molecule is CCCC(O)(CCC)C(CC(C)C)N(C(=O)C1(C(N)=O)CCCCC1)C(CC(C)C)C(O)(CCC)CCC. The van der Waals surface area contributed by atoms with Gasteiger partial charge in [0.2, 0.25) is 11.8 Å². The quantitative estimate of drug-likeness (QED) is 0.168. The minimum atomic E-state index is -1.28. The molecule has 1 saturated carbocycles. The van der Waals surface area contributed by atoms with Crippen molar-refractivity contribution in [2.24, 2.45) is 23.0 Å². The number of carbonyl (C=O) groups excluding carboxylic acids is 2. The Balaban J connectivity index is 4.05.